The number of nitrogens with zero attached hydrogens (tertiary/aromatic N) is 1. The van der Waals surface area contributed by atoms with E-state index in [4.69, 9.17) is 4.42 Å². The van der Waals surface area contributed by atoms with Crippen molar-refractivity contribution in [2.45, 2.75) is 51.1 Å². The molecular formula is C16H27BrN2O. The van der Waals surface area contributed by atoms with Gasteiger partial charge in [-0.15, -0.1) is 0 Å². The van der Waals surface area contributed by atoms with Crippen molar-refractivity contribution in [3.63, 3.8) is 0 Å². The summed E-state index contributed by atoms with van der Waals surface area (Å²) in [6, 6.07) is 2.23. The number of hydrogen-bond acceptors (Lipinski definition) is 3. The summed E-state index contributed by atoms with van der Waals surface area (Å²) in [5, 5.41) is 3.67. The van der Waals surface area contributed by atoms with Crippen LogP contribution in [0.15, 0.2) is 21.2 Å². The van der Waals surface area contributed by atoms with Crippen molar-refractivity contribution in [1.29, 1.82) is 0 Å². The quantitative estimate of drug-likeness (QED) is 0.868. The molecule has 0 spiro atoms. The summed E-state index contributed by atoms with van der Waals surface area (Å²) in [6.07, 6.45) is 6.84. The van der Waals surface area contributed by atoms with Crippen LogP contribution in [0, 0.1) is 5.92 Å². The lowest BCUT2D eigenvalue weighted by Gasteiger charge is -2.49. The van der Waals surface area contributed by atoms with Crippen LogP contribution in [0.1, 0.15) is 51.3 Å². The molecule has 0 radical (unpaired) electrons. The zero-order valence-corrected chi connectivity index (χ0v) is 14.7. The molecule has 1 heterocycles. The van der Waals surface area contributed by atoms with Crippen LogP contribution < -0.4 is 5.32 Å². The zero-order valence-electron chi connectivity index (χ0n) is 13.1. The van der Waals surface area contributed by atoms with E-state index in [1.54, 1.807) is 6.26 Å². The second-order valence-corrected chi connectivity index (χ2v) is 7.18. The monoisotopic (exact) mass is 342 g/mol. The highest BCUT2D eigenvalue weighted by Gasteiger charge is 2.45. The van der Waals surface area contributed by atoms with Crippen molar-refractivity contribution < 1.29 is 4.42 Å². The smallest absolute Gasteiger partial charge is 0.136 e. The van der Waals surface area contributed by atoms with E-state index in [9.17, 15) is 0 Å². The van der Waals surface area contributed by atoms with Crippen LogP contribution in [-0.4, -0.2) is 31.1 Å². The van der Waals surface area contributed by atoms with Gasteiger partial charge in [0.15, 0.2) is 0 Å². The SMILES string of the molecule is CCNC(c1occc1Br)C1(N(C)C)CCCC(C)C1. The van der Waals surface area contributed by atoms with Gasteiger partial charge in [-0.3, -0.25) is 0 Å². The van der Waals surface area contributed by atoms with Crippen molar-refractivity contribution in [1.82, 2.24) is 10.2 Å². The van der Waals surface area contributed by atoms with Crippen molar-refractivity contribution in [2.24, 2.45) is 5.92 Å². The van der Waals surface area contributed by atoms with Crippen molar-refractivity contribution >= 4 is 15.9 Å². The minimum atomic E-state index is 0.133. The lowest BCUT2D eigenvalue weighted by Crippen LogP contribution is -2.56. The fraction of sp³-hybridized carbons (Fsp3) is 0.750. The maximum Gasteiger partial charge on any atom is 0.136 e. The number of likely N-dealkylation sites (N-methyl/N-ethyl adjacent to an activating group) is 2. The van der Waals surface area contributed by atoms with Gasteiger partial charge in [0.05, 0.1) is 16.8 Å². The molecule has 1 N–H and O–H groups in total. The highest BCUT2D eigenvalue weighted by atomic mass is 79.9. The topological polar surface area (TPSA) is 28.4 Å². The number of hydrogen-bond donors (Lipinski definition) is 1. The van der Waals surface area contributed by atoms with Crippen molar-refractivity contribution in [3.05, 3.63) is 22.6 Å². The second-order valence-electron chi connectivity index (χ2n) is 6.32. The summed E-state index contributed by atoms with van der Waals surface area (Å²) < 4.78 is 6.88. The Hall–Kier alpha value is -0.320. The molecule has 4 heteroatoms. The van der Waals surface area contributed by atoms with E-state index >= 15 is 0 Å². The van der Waals surface area contributed by atoms with E-state index in [0.717, 1.165) is 22.7 Å². The highest BCUT2D eigenvalue weighted by Crippen LogP contribution is 2.45. The van der Waals surface area contributed by atoms with Gasteiger partial charge in [-0.25, -0.2) is 0 Å². The molecule has 1 aliphatic rings. The maximum atomic E-state index is 5.81. The third kappa shape index (κ3) is 2.97. The summed E-state index contributed by atoms with van der Waals surface area (Å²) in [6.45, 7) is 5.48. The Morgan fingerprint density at radius 2 is 2.30 bits per heavy atom. The van der Waals surface area contributed by atoms with E-state index in [0.29, 0.717) is 0 Å². The molecule has 0 aromatic carbocycles. The summed E-state index contributed by atoms with van der Waals surface area (Å²) in [5.74, 6) is 1.80. The first-order chi connectivity index (χ1) is 9.51. The van der Waals surface area contributed by atoms with E-state index in [-0.39, 0.29) is 11.6 Å². The van der Waals surface area contributed by atoms with Crippen LogP contribution in [0.5, 0.6) is 0 Å². The van der Waals surface area contributed by atoms with Crippen LogP contribution in [0.4, 0.5) is 0 Å². The van der Waals surface area contributed by atoms with Gasteiger partial charge in [0.2, 0.25) is 0 Å². The molecule has 1 aromatic heterocycles. The van der Waals surface area contributed by atoms with Crippen molar-refractivity contribution in [3.8, 4) is 0 Å². The molecule has 0 saturated heterocycles. The Morgan fingerprint density at radius 1 is 1.55 bits per heavy atom. The summed E-state index contributed by atoms with van der Waals surface area (Å²) in [5.41, 5.74) is 0.133. The molecule has 20 heavy (non-hydrogen) atoms. The molecule has 2 rings (SSSR count). The molecule has 114 valence electrons. The molecule has 0 bridgehead atoms. The molecule has 1 fully saturated rings. The van der Waals surface area contributed by atoms with Crippen LogP contribution in [0.25, 0.3) is 0 Å². The predicted molar refractivity (Wildman–Crippen MR) is 86.9 cm³/mol. The minimum Gasteiger partial charge on any atom is -0.466 e. The molecule has 1 saturated carbocycles. The van der Waals surface area contributed by atoms with Gasteiger partial charge >= 0.3 is 0 Å². The van der Waals surface area contributed by atoms with Crippen LogP contribution in [0.3, 0.4) is 0 Å². The zero-order chi connectivity index (χ0) is 14.8. The maximum absolute atomic E-state index is 5.81. The number of nitrogens with one attached hydrogen (secondary N) is 1. The molecule has 0 aliphatic heterocycles. The first-order valence-corrected chi connectivity index (χ1v) is 8.44. The normalized spacial score (nSPS) is 28.8. The van der Waals surface area contributed by atoms with Gasteiger partial charge in [-0.1, -0.05) is 26.7 Å². The Labute approximate surface area is 131 Å². The molecule has 3 atom stereocenters. The summed E-state index contributed by atoms with van der Waals surface area (Å²) in [4.78, 5) is 2.41. The van der Waals surface area contributed by atoms with Gasteiger partial charge in [0.1, 0.15) is 5.76 Å². The van der Waals surface area contributed by atoms with E-state index in [1.807, 2.05) is 6.07 Å². The van der Waals surface area contributed by atoms with Crippen LogP contribution in [0.2, 0.25) is 0 Å². The predicted octanol–water partition coefficient (Wildman–Crippen LogP) is 4.20. The highest BCUT2D eigenvalue weighted by molar-refractivity contribution is 9.10. The lowest BCUT2D eigenvalue weighted by atomic mass is 9.70. The fourth-order valence-corrected chi connectivity index (χ4v) is 4.16. The lowest BCUT2D eigenvalue weighted by molar-refractivity contribution is 0.0295. The molecule has 3 unspecified atom stereocenters. The van der Waals surface area contributed by atoms with E-state index in [2.05, 4.69) is 54.1 Å². The van der Waals surface area contributed by atoms with Gasteiger partial charge in [-0.05, 0) is 61.4 Å². The van der Waals surface area contributed by atoms with E-state index < -0.39 is 0 Å². The van der Waals surface area contributed by atoms with Crippen molar-refractivity contribution in [2.75, 3.05) is 20.6 Å². The largest absolute Gasteiger partial charge is 0.466 e. The van der Waals surface area contributed by atoms with Crippen LogP contribution >= 0.6 is 15.9 Å². The van der Waals surface area contributed by atoms with Gasteiger partial charge in [-0.2, -0.15) is 0 Å². The number of rotatable bonds is 5. The summed E-state index contributed by atoms with van der Waals surface area (Å²) >= 11 is 3.64. The Morgan fingerprint density at radius 3 is 2.80 bits per heavy atom. The van der Waals surface area contributed by atoms with Gasteiger partial charge < -0.3 is 14.6 Å². The average molecular weight is 343 g/mol. The van der Waals surface area contributed by atoms with Gasteiger partial charge in [0.25, 0.3) is 0 Å². The third-order valence-electron chi connectivity index (χ3n) is 4.75. The standard InChI is InChI=1S/C16H27BrN2O/c1-5-18-15(14-13(17)8-10-20-14)16(19(3)4)9-6-7-12(2)11-16/h8,10,12,15,18H,5-7,9,11H2,1-4H3. The minimum absolute atomic E-state index is 0.133. The Kier molecular flexibility index (Phi) is 5.32. The number of halogens is 1. The van der Waals surface area contributed by atoms with Gasteiger partial charge in [0, 0.05) is 5.54 Å². The first kappa shape index (κ1) is 16.1. The third-order valence-corrected chi connectivity index (χ3v) is 5.41. The Balaban J connectivity index is 2.40. The molecular weight excluding hydrogens is 316 g/mol. The molecule has 1 aliphatic carbocycles. The first-order valence-electron chi connectivity index (χ1n) is 7.65. The van der Waals surface area contributed by atoms with Crippen LogP contribution in [-0.2, 0) is 0 Å². The fourth-order valence-electron chi connectivity index (χ4n) is 3.73. The molecule has 1 aromatic rings. The average Bonchev–Trinajstić information content (AvgIpc) is 2.81. The van der Waals surface area contributed by atoms with E-state index in [1.165, 1.54) is 25.7 Å². The second kappa shape index (κ2) is 6.63. The Bertz CT molecular complexity index is 432. The number of furan rings is 1. The molecule has 3 nitrogen and oxygen atoms in total. The summed E-state index contributed by atoms with van der Waals surface area (Å²) in [7, 11) is 4.42. The molecule has 0 amide bonds.